The normalized spacial score (nSPS) is 16.2. The van der Waals surface area contributed by atoms with Crippen molar-refractivity contribution in [1.82, 2.24) is 0 Å². The van der Waals surface area contributed by atoms with E-state index in [1.54, 1.807) is 24.3 Å². The highest BCUT2D eigenvalue weighted by atomic mass is 79.9. The minimum Gasteiger partial charge on any atom is -0.455 e. The van der Waals surface area contributed by atoms with Gasteiger partial charge in [-0.25, -0.2) is 0 Å². The first-order valence-electron chi connectivity index (χ1n) is 8.31. The summed E-state index contributed by atoms with van der Waals surface area (Å²) in [5.41, 5.74) is 1.15. The molecular formula is C19H15BrCl2N2O4. The Balaban J connectivity index is 1.52. The van der Waals surface area contributed by atoms with E-state index >= 15 is 0 Å². The molecule has 1 fully saturated rings. The second-order valence-corrected chi connectivity index (χ2v) is 7.90. The number of carbonyl (C=O) groups excluding carboxylic acids is 3. The minimum atomic E-state index is -0.617. The summed E-state index contributed by atoms with van der Waals surface area (Å²) in [6.45, 7) is -0.240. The van der Waals surface area contributed by atoms with E-state index in [0.717, 1.165) is 4.47 Å². The number of hydrogen-bond acceptors (Lipinski definition) is 4. The van der Waals surface area contributed by atoms with Gasteiger partial charge in [-0.05, 0) is 42.5 Å². The molecule has 0 aromatic heterocycles. The molecule has 3 rings (SSSR count). The summed E-state index contributed by atoms with van der Waals surface area (Å²) in [5.74, 6) is -1.88. The maximum Gasteiger partial charge on any atom is 0.311 e. The molecule has 0 saturated carbocycles. The molecule has 1 atom stereocenters. The van der Waals surface area contributed by atoms with Crippen molar-refractivity contribution in [3.05, 3.63) is 57.0 Å². The van der Waals surface area contributed by atoms with E-state index in [0.29, 0.717) is 21.4 Å². The van der Waals surface area contributed by atoms with Crippen molar-refractivity contribution in [2.45, 2.75) is 6.42 Å². The van der Waals surface area contributed by atoms with Crippen LogP contribution in [0.1, 0.15) is 6.42 Å². The lowest BCUT2D eigenvalue weighted by Gasteiger charge is -2.16. The van der Waals surface area contributed by atoms with Crippen molar-refractivity contribution in [1.29, 1.82) is 0 Å². The van der Waals surface area contributed by atoms with Crippen LogP contribution in [0.4, 0.5) is 11.4 Å². The summed E-state index contributed by atoms with van der Waals surface area (Å²) < 4.78 is 5.96. The summed E-state index contributed by atoms with van der Waals surface area (Å²) >= 11 is 15.0. The number of anilines is 2. The average molecular weight is 486 g/mol. The Morgan fingerprint density at radius 1 is 1.14 bits per heavy atom. The quantitative estimate of drug-likeness (QED) is 0.641. The maximum absolute atomic E-state index is 12.3. The van der Waals surface area contributed by atoms with E-state index in [9.17, 15) is 14.4 Å². The molecule has 2 amide bonds. The number of benzene rings is 2. The summed E-state index contributed by atoms with van der Waals surface area (Å²) in [4.78, 5) is 38.0. The zero-order valence-electron chi connectivity index (χ0n) is 14.5. The molecule has 146 valence electrons. The number of carbonyl (C=O) groups is 3. The summed E-state index contributed by atoms with van der Waals surface area (Å²) in [7, 11) is 0. The lowest BCUT2D eigenvalue weighted by atomic mass is 10.1. The number of rotatable bonds is 5. The largest absolute Gasteiger partial charge is 0.455 e. The molecule has 2 aromatic carbocycles. The van der Waals surface area contributed by atoms with Crippen LogP contribution >= 0.6 is 39.1 Å². The number of amides is 2. The van der Waals surface area contributed by atoms with E-state index in [1.807, 2.05) is 12.1 Å². The zero-order chi connectivity index (χ0) is 20.3. The highest BCUT2D eigenvalue weighted by Crippen LogP contribution is 2.27. The number of hydrogen-bond donors (Lipinski definition) is 1. The van der Waals surface area contributed by atoms with Gasteiger partial charge in [-0.2, -0.15) is 0 Å². The number of nitrogens with zero attached hydrogens (tertiary/aromatic N) is 1. The average Bonchev–Trinajstić information content (AvgIpc) is 3.05. The predicted molar refractivity (Wildman–Crippen MR) is 111 cm³/mol. The fraction of sp³-hybridized carbons (Fsp3) is 0.211. The van der Waals surface area contributed by atoms with Crippen LogP contribution in [0.15, 0.2) is 46.9 Å². The van der Waals surface area contributed by atoms with Crippen LogP contribution in [-0.4, -0.2) is 30.9 Å². The van der Waals surface area contributed by atoms with Crippen LogP contribution in [0.3, 0.4) is 0 Å². The van der Waals surface area contributed by atoms with Crippen molar-refractivity contribution in [2.24, 2.45) is 5.92 Å². The summed E-state index contributed by atoms with van der Waals surface area (Å²) in [6, 6.07) is 11.9. The first-order valence-corrected chi connectivity index (χ1v) is 9.86. The number of nitrogens with one attached hydrogen (secondary N) is 1. The van der Waals surface area contributed by atoms with Gasteiger partial charge in [-0.3, -0.25) is 14.4 Å². The molecule has 1 saturated heterocycles. The van der Waals surface area contributed by atoms with Crippen molar-refractivity contribution < 1.29 is 19.1 Å². The van der Waals surface area contributed by atoms with Crippen LogP contribution in [0, 0.1) is 5.92 Å². The molecule has 1 aliphatic rings. The Hall–Kier alpha value is -2.09. The molecule has 2 aromatic rings. The van der Waals surface area contributed by atoms with Crippen LogP contribution < -0.4 is 10.2 Å². The topological polar surface area (TPSA) is 75.7 Å². The molecule has 6 nitrogen and oxygen atoms in total. The van der Waals surface area contributed by atoms with Crippen LogP contribution in [-0.2, 0) is 19.1 Å². The molecule has 0 spiro atoms. The van der Waals surface area contributed by atoms with Gasteiger partial charge < -0.3 is 15.0 Å². The standard InChI is InChI=1S/C19H15BrCl2N2O4/c20-12-1-4-14(5-2-12)24-9-11(7-18(24)26)19(27)28-10-17(25)23-13-3-6-15(21)16(22)8-13/h1-6,8,11H,7,9-10H2,(H,23,25)/t11-/m1/s1. The van der Waals surface area contributed by atoms with Gasteiger partial charge in [0.25, 0.3) is 5.91 Å². The molecule has 1 heterocycles. The van der Waals surface area contributed by atoms with Gasteiger partial charge in [0.15, 0.2) is 6.61 Å². The van der Waals surface area contributed by atoms with Crippen LogP contribution in [0.25, 0.3) is 0 Å². The highest BCUT2D eigenvalue weighted by Gasteiger charge is 2.36. The third-order valence-electron chi connectivity index (χ3n) is 4.15. The Morgan fingerprint density at radius 2 is 1.86 bits per heavy atom. The molecule has 0 unspecified atom stereocenters. The molecular weight excluding hydrogens is 471 g/mol. The second kappa shape index (κ2) is 8.94. The van der Waals surface area contributed by atoms with E-state index < -0.39 is 24.4 Å². The maximum atomic E-state index is 12.3. The predicted octanol–water partition coefficient (Wildman–Crippen LogP) is 4.29. The molecule has 1 aliphatic heterocycles. The summed E-state index contributed by atoms with van der Waals surface area (Å²) in [6.07, 6.45) is 0.0449. The van der Waals surface area contributed by atoms with Gasteiger partial charge in [-0.1, -0.05) is 39.1 Å². The first kappa shape index (κ1) is 20.6. The van der Waals surface area contributed by atoms with Crippen molar-refractivity contribution in [3.8, 4) is 0 Å². The third-order valence-corrected chi connectivity index (χ3v) is 5.41. The van der Waals surface area contributed by atoms with Crippen molar-refractivity contribution in [3.63, 3.8) is 0 Å². The Morgan fingerprint density at radius 3 is 2.54 bits per heavy atom. The Bertz CT molecular complexity index is 921. The smallest absolute Gasteiger partial charge is 0.311 e. The van der Waals surface area contributed by atoms with Crippen LogP contribution in [0.5, 0.6) is 0 Å². The van der Waals surface area contributed by atoms with Crippen molar-refractivity contribution >= 4 is 68.3 Å². The molecule has 0 aliphatic carbocycles. The second-order valence-electron chi connectivity index (χ2n) is 6.17. The fourth-order valence-electron chi connectivity index (χ4n) is 2.76. The summed E-state index contributed by atoms with van der Waals surface area (Å²) in [5, 5.41) is 3.23. The molecule has 0 radical (unpaired) electrons. The van der Waals surface area contributed by atoms with E-state index in [4.69, 9.17) is 27.9 Å². The zero-order valence-corrected chi connectivity index (χ0v) is 17.6. The lowest BCUT2D eigenvalue weighted by Crippen LogP contribution is -2.28. The molecule has 9 heteroatoms. The molecule has 1 N–H and O–H groups in total. The van der Waals surface area contributed by atoms with Crippen LogP contribution in [0.2, 0.25) is 10.0 Å². The van der Waals surface area contributed by atoms with E-state index in [-0.39, 0.29) is 18.9 Å². The van der Waals surface area contributed by atoms with E-state index in [2.05, 4.69) is 21.2 Å². The molecule has 0 bridgehead atoms. The SMILES string of the molecule is O=C(COC(=O)[C@@H]1CC(=O)N(c2ccc(Br)cc2)C1)Nc1ccc(Cl)c(Cl)c1. The first-order chi connectivity index (χ1) is 13.3. The fourth-order valence-corrected chi connectivity index (χ4v) is 3.32. The number of halogens is 3. The van der Waals surface area contributed by atoms with Gasteiger partial charge >= 0.3 is 5.97 Å². The Labute approximate surface area is 179 Å². The van der Waals surface area contributed by atoms with Gasteiger partial charge in [0.2, 0.25) is 5.91 Å². The van der Waals surface area contributed by atoms with Gasteiger partial charge in [0, 0.05) is 28.8 Å². The third kappa shape index (κ3) is 5.04. The molecule has 28 heavy (non-hydrogen) atoms. The Kier molecular flexibility index (Phi) is 6.59. The van der Waals surface area contributed by atoms with Gasteiger partial charge in [0.1, 0.15) is 0 Å². The monoisotopic (exact) mass is 484 g/mol. The van der Waals surface area contributed by atoms with Gasteiger partial charge in [0.05, 0.1) is 16.0 Å². The minimum absolute atomic E-state index is 0.0449. The number of esters is 1. The highest BCUT2D eigenvalue weighted by molar-refractivity contribution is 9.10. The van der Waals surface area contributed by atoms with Gasteiger partial charge in [-0.15, -0.1) is 0 Å². The van der Waals surface area contributed by atoms with Crippen molar-refractivity contribution in [2.75, 3.05) is 23.4 Å². The van der Waals surface area contributed by atoms with E-state index in [1.165, 1.54) is 11.0 Å². The lowest BCUT2D eigenvalue weighted by molar-refractivity contribution is -0.151. The number of ether oxygens (including phenoxy) is 1.